The molecule has 1 aromatic heterocycles. The minimum atomic E-state index is -0.160. The van der Waals surface area contributed by atoms with E-state index in [9.17, 15) is 9.59 Å². The lowest BCUT2D eigenvalue weighted by molar-refractivity contribution is 0.0651. The number of imide groups is 1. The molecular weight excluding hydrogens is 354 g/mol. The van der Waals surface area contributed by atoms with Crippen LogP contribution in [0, 0.1) is 0 Å². The van der Waals surface area contributed by atoms with E-state index in [4.69, 9.17) is 0 Å². The SMILES string of the molecule is CN1C=CN(CCCCCCN2C(=O)c3ccccc3C2=O)[C@@H]1c1ncc[nH]1. The highest BCUT2D eigenvalue weighted by Gasteiger charge is 2.34. The molecule has 28 heavy (non-hydrogen) atoms. The summed E-state index contributed by atoms with van der Waals surface area (Å²) < 4.78 is 0. The zero-order valence-electron chi connectivity index (χ0n) is 16.0. The van der Waals surface area contributed by atoms with Gasteiger partial charge in [-0.3, -0.25) is 14.5 Å². The molecule has 0 saturated carbocycles. The average Bonchev–Trinajstić information content (AvgIpc) is 3.40. The maximum Gasteiger partial charge on any atom is 0.261 e. The molecule has 0 spiro atoms. The molecule has 1 atom stereocenters. The number of carbonyl (C=O) groups excluding carboxylic acids is 2. The Bertz CT molecular complexity index is 842. The molecule has 7 heteroatoms. The molecule has 0 fully saturated rings. The van der Waals surface area contributed by atoms with Crippen molar-refractivity contribution in [1.82, 2.24) is 24.7 Å². The fourth-order valence-electron chi connectivity index (χ4n) is 3.91. The average molecular weight is 379 g/mol. The highest BCUT2D eigenvalue weighted by atomic mass is 16.2. The van der Waals surface area contributed by atoms with Crippen molar-refractivity contribution in [2.45, 2.75) is 31.8 Å². The van der Waals surface area contributed by atoms with Crippen LogP contribution in [0.1, 0.15) is 58.4 Å². The van der Waals surface area contributed by atoms with Crippen LogP contribution in [0.15, 0.2) is 49.1 Å². The van der Waals surface area contributed by atoms with Gasteiger partial charge in [0.1, 0.15) is 5.82 Å². The van der Waals surface area contributed by atoms with E-state index in [0.717, 1.165) is 38.1 Å². The summed E-state index contributed by atoms with van der Waals surface area (Å²) in [6.07, 6.45) is 11.8. The fraction of sp³-hybridized carbons (Fsp3) is 0.381. The largest absolute Gasteiger partial charge is 0.353 e. The molecule has 4 rings (SSSR count). The number of imidazole rings is 1. The van der Waals surface area contributed by atoms with Gasteiger partial charge in [0.2, 0.25) is 0 Å². The lowest BCUT2D eigenvalue weighted by atomic mass is 10.1. The first-order valence-electron chi connectivity index (χ1n) is 9.77. The molecular formula is C21H25N5O2. The second-order valence-corrected chi connectivity index (χ2v) is 7.27. The molecule has 2 aliphatic heterocycles. The van der Waals surface area contributed by atoms with Crippen molar-refractivity contribution in [2.24, 2.45) is 0 Å². The van der Waals surface area contributed by atoms with Gasteiger partial charge in [-0.15, -0.1) is 0 Å². The van der Waals surface area contributed by atoms with Gasteiger partial charge in [0, 0.05) is 44.9 Å². The van der Waals surface area contributed by atoms with Crippen LogP contribution in [0.2, 0.25) is 0 Å². The molecule has 3 heterocycles. The Morgan fingerprint density at radius 2 is 1.64 bits per heavy atom. The molecule has 0 aliphatic carbocycles. The van der Waals surface area contributed by atoms with Gasteiger partial charge < -0.3 is 14.8 Å². The smallest absolute Gasteiger partial charge is 0.261 e. The van der Waals surface area contributed by atoms with E-state index in [1.54, 1.807) is 30.5 Å². The summed E-state index contributed by atoms with van der Waals surface area (Å²) in [6.45, 7) is 1.44. The standard InChI is InChI=1S/C21H25N5O2/c1-24-14-15-25(19(24)18-22-10-11-23-18)12-6-2-3-7-13-26-20(27)16-8-4-5-9-17(16)21(26)28/h4-5,8-11,14-15,19H,2-3,6-7,12-13H2,1H3,(H,22,23)/t19-/m1/s1. The number of nitrogens with zero attached hydrogens (tertiary/aromatic N) is 4. The van der Waals surface area contributed by atoms with Crippen LogP contribution in [-0.2, 0) is 0 Å². The summed E-state index contributed by atoms with van der Waals surface area (Å²) in [5, 5.41) is 0. The van der Waals surface area contributed by atoms with E-state index >= 15 is 0 Å². The lowest BCUT2D eigenvalue weighted by Gasteiger charge is -2.28. The quantitative estimate of drug-likeness (QED) is 0.564. The number of hydrogen-bond acceptors (Lipinski definition) is 5. The molecule has 0 radical (unpaired) electrons. The van der Waals surface area contributed by atoms with Gasteiger partial charge in [-0.25, -0.2) is 4.98 Å². The van der Waals surface area contributed by atoms with Crippen LogP contribution >= 0.6 is 0 Å². The number of aromatic amines is 1. The van der Waals surface area contributed by atoms with Crippen molar-refractivity contribution >= 4 is 11.8 Å². The molecule has 1 aromatic carbocycles. The third-order valence-electron chi connectivity index (χ3n) is 5.38. The molecule has 2 aromatic rings. The van der Waals surface area contributed by atoms with Crippen molar-refractivity contribution in [2.75, 3.05) is 20.1 Å². The molecule has 0 bridgehead atoms. The van der Waals surface area contributed by atoms with Crippen molar-refractivity contribution < 1.29 is 9.59 Å². The number of H-pyrrole nitrogens is 1. The molecule has 0 saturated heterocycles. The van der Waals surface area contributed by atoms with E-state index in [2.05, 4.69) is 32.2 Å². The number of nitrogens with one attached hydrogen (secondary N) is 1. The van der Waals surface area contributed by atoms with Crippen molar-refractivity contribution in [1.29, 1.82) is 0 Å². The molecule has 2 amide bonds. The fourth-order valence-corrected chi connectivity index (χ4v) is 3.91. The van der Waals surface area contributed by atoms with Crippen LogP contribution in [0.3, 0.4) is 0 Å². The summed E-state index contributed by atoms with van der Waals surface area (Å²) in [4.78, 5) is 38.1. The van der Waals surface area contributed by atoms with Gasteiger partial charge in [0.15, 0.2) is 6.17 Å². The predicted molar refractivity (Wildman–Crippen MR) is 105 cm³/mol. The summed E-state index contributed by atoms with van der Waals surface area (Å²) in [6, 6.07) is 7.05. The normalized spacial score (nSPS) is 18.5. The van der Waals surface area contributed by atoms with E-state index in [1.165, 1.54) is 4.90 Å². The lowest BCUT2D eigenvalue weighted by Crippen LogP contribution is -2.31. The number of unbranched alkanes of at least 4 members (excludes halogenated alkanes) is 3. The van der Waals surface area contributed by atoms with Crippen LogP contribution in [0.5, 0.6) is 0 Å². The van der Waals surface area contributed by atoms with Crippen molar-refractivity contribution in [3.8, 4) is 0 Å². The highest BCUT2D eigenvalue weighted by molar-refractivity contribution is 6.21. The number of fused-ring (bicyclic) bond motifs is 1. The predicted octanol–water partition coefficient (Wildman–Crippen LogP) is 2.98. The molecule has 0 unspecified atom stereocenters. The van der Waals surface area contributed by atoms with Crippen molar-refractivity contribution in [3.05, 3.63) is 66.0 Å². The maximum absolute atomic E-state index is 12.4. The van der Waals surface area contributed by atoms with Crippen LogP contribution in [0.4, 0.5) is 0 Å². The van der Waals surface area contributed by atoms with Crippen LogP contribution in [-0.4, -0.2) is 56.6 Å². The molecule has 1 N–H and O–H groups in total. The Balaban J connectivity index is 1.20. The number of carbonyl (C=O) groups is 2. The van der Waals surface area contributed by atoms with Gasteiger partial charge in [-0.1, -0.05) is 25.0 Å². The number of rotatable bonds is 8. The maximum atomic E-state index is 12.4. The zero-order valence-corrected chi connectivity index (χ0v) is 16.0. The van der Waals surface area contributed by atoms with Gasteiger partial charge in [-0.2, -0.15) is 0 Å². The number of amides is 2. The Kier molecular flexibility index (Phi) is 5.14. The van der Waals surface area contributed by atoms with Gasteiger partial charge >= 0.3 is 0 Å². The summed E-state index contributed by atoms with van der Waals surface area (Å²) in [7, 11) is 2.05. The number of benzene rings is 1. The second-order valence-electron chi connectivity index (χ2n) is 7.27. The number of hydrogen-bond donors (Lipinski definition) is 1. The summed E-state index contributed by atoms with van der Waals surface area (Å²) in [5.74, 6) is 0.623. The Morgan fingerprint density at radius 3 is 2.29 bits per heavy atom. The Hall–Kier alpha value is -3.09. The molecule has 2 aliphatic rings. The van der Waals surface area contributed by atoms with Gasteiger partial charge in [0.05, 0.1) is 11.1 Å². The van der Waals surface area contributed by atoms with Crippen LogP contribution < -0.4 is 0 Å². The first kappa shape index (κ1) is 18.3. The number of aromatic nitrogens is 2. The first-order chi connectivity index (χ1) is 13.7. The summed E-state index contributed by atoms with van der Waals surface area (Å²) >= 11 is 0. The van der Waals surface area contributed by atoms with Gasteiger partial charge in [0.25, 0.3) is 11.8 Å². The van der Waals surface area contributed by atoms with E-state index in [1.807, 2.05) is 13.2 Å². The first-order valence-corrected chi connectivity index (χ1v) is 9.77. The molecule has 146 valence electrons. The topological polar surface area (TPSA) is 72.5 Å². The monoisotopic (exact) mass is 379 g/mol. The zero-order chi connectivity index (χ0) is 19.5. The highest BCUT2D eigenvalue weighted by Crippen LogP contribution is 2.27. The summed E-state index contributed by atoms with van der Waals surface area (Å²) in [5.41, 5.74) is 1.06. The third-order valence-corrected chi connectivity index (χ3v) is 5.38. The Labute approximate surface area is 164 Å². The van der Waals surface area contributed by atoms with E-state index < -0.39 is 0 Å². The Morgan fingerprint density at radius 1 is 0.964 bits per heavy atom. The minimum absolute atomic E-state index is 0.119. The second kappa shape index (κ2) is 7.88. The van der Waals surface area contributed by atoms with Crippen LogP contribution in [0.25, 0.3) is 0 Å². The van der Waals surface area contributed by atoms with Gasteiger partial charge in [-0.05, 0) is 25.0 Å². The molecule has 7 nitrogen and oxygen atoms in total. The minimum Gasteiger partial charge on any atom is -0.353 e. The van der Waals surface area contributed by atoms with E-state index in [-0.39, 0.29) is 18.0 Å². The van der Waals surface area contributed by atoms with E-state index in [0.29, 0.717) is 17.7 Å². The third kappa shape index (κ3) is 3.40. The van der Waals surface area contributed by atoms with Crippen molar-refractivity contribution in [3.63, 3.8) is 0 Å².